The van der Waals surface area contributed by atoms with E-state index in [1.165, 1.54) is 36.0 Å². The molecule has 0 aromatic heterocycles. The van der Waals surface area contributed by atoms with E-state index in [2.05, 4.69) is 30.3 Å². The molecule has 0 fully saturated rings. The van der Waals surface area contributed by atoms with Gasteiger partial charge in [0.25, 0.3) is 0 Å². The second-order valence-corrected chi connectivity index (χ2v) is 6.84. The lowest BCUT2D eigenvalue weighted by atomic mass is 10.0. The molecule has 2 heteroatoms. The van der Waals surface area contributed by atoms with Gasteiger partial charge in [0.15, 0.2) is 5.78 Å². The Morgan fingerprint density at radius 3 is 2.25 bits per heavy atom. The van der Waals surface area contributed by atoms with Crippen molar-refractivity contribution < 1.29 is 4.79 Å². The minimum Gasteiger partial charge on any atom is -0.324 e. The SMILES string of the molecule is N[C@@H]1CCCCc2ccccc21.O=C1CCCCc2ccccc21. The first kappa shape index (κ1) is 16.9. The Kier molecular flexibility index (Phi) is 5.81. The van der Waals surface area contributed by atoms with Crippen molar-refractivity contribution in [2.75, 3.05) is 0 Å². The first-order valence-electron chi connectivity index (χ1n) is 9.20. The van der Waals surface area contributed by atoms with Gasteiger partial charge in [-0.25, -0.2) is 0 Å². The van der Waals surface area contributed by atoms with Crippen LogP contribution in [-0.4, -0.2) is 5.78 Å². The van der Waals surface area contributed by atoms with Crippen LogP contribution >= 0.6 is 0 Å². The van der Waals surface area contributed by atoms with Gasteiger partial charge in [0.05, 0.1) is 0 Å². The average molecular weight is 321 g/mol. The number of benzene rings is 2. The molecule has 24 heavy (non-hydrogen) atoms. The summed E-state index contributed by atoms with van der Waals surface area (Å²) >= 11 is 0. The van der Waals surface area contributed by atoms with Crippen molar-refractivity contribution in [2.45, 2.75) is 57.4 Å². The highest BCUT2D eigenvalue weighted by atomic mass is 16.1. The molecule has 2 N–H and O–H groups in total. The lowest BCUT2D eigenvalue weighted by Gasteiger charge is -2.11. The number of Topliss-reactive ketones (excluding diaryl/α,β-unsaturated/α-hetero) is 1. The molecule has 0 amide bonds. The smallest absolute Gasteiger partial charge is 0.163 e. The van der Waals surface area contributed by atoms with Gasteiger partial charge in [-0.3, -0.25) is 4.79 Å². The molecule has 0 spiro atoms. The number of rotatable bonds is 0. The van der Waals surface area contributed by atoms with Crippen molar-refractivity contribution in [3.8, 4) is 0 Å². The average Bonchev–Trinajstić information content (AvgIpc) is 2.93. The third kappa shape index (κ3) is 4.12. The maximum absolute atomic E-state index is 11.5. The Hall–Kier alpha value is -1.93. The van der Waals surface area contributed by atoms with Gasteiger partial charge in [-0.15, -0.1) is 0 Å². The fraction of sp³-hybridized carbons (Fsp3) is 0.409. The molecule has 2 aliphatic rings. The summed E-state index contributed by atoms with van der Waals surface area (Å²) in [5.41, 5.74) is 11.1. The first-order valence-corrected chi connectivity index (χ1v) is 9.20. The van der Waals surface area contributed by atoms with Crippen LogP contribution in [-0.2, 0) is 12.8 Å². The molecule has 2 aromatic carbocycles. The largest absolute Gasteiger partial charge is 0.324 e. The number of aryl methyl sites for hydroxylation is 2. The molecule has 2 aromatic rings. The van der Waals surface area contributed by atoms with Crippen molar-refractivity contribution in [2.24, 2.45) is 5.73 Å². The topological polar surface area (TPSA) is 43.1 Å². The third-order valence-electron chi connectivity index (χ3n) is 5.08. The Morgan fingerprint density at radius 2 is 1.38 bits per heavy atom. The maximum Gasteiger partial charge on any atom is 0.163 e. The molecule has 2 nitrogen and oxygen atoms in total. The van der Waals surface area contributed by atoms with Crippen LogP contribution in [0.15, 0.2) is 48.5 Å². The summed E-state index contributed by atoms with van der Waals surface area (Å²) in [6.07, 6.45) is 8.94. The van der Waals surface area contributed by atoms with Gasteiger partial charge < -0.3 is 5.73 Å². The van der Waals surface area contributed by atoms with E-state index in [-0.39, 0.29) is 6.04 Å². The molecule has 0 bridgehead atoms. The van der Waals surface area contributed by atoms with Crippen molar-refractivity contribution in [3.63, 3.8) is 0 Å². The summed E-state index contributed by atoms with van der Waals surface area (Å²) in [6.45, 7) is 0. The van der Waals surface area contributed by atoms with E-state index in [1.54, 1.807) is 0 Å². The Labute approximate surface area is 145 Å². The van der Waals surface area contributed by atoms with Crippen molar-refractivity contribution in [3.05, 3.63) is 70.8 Å². The van der Waals surface area contributed by atoms with Gasteiger partial charge >= 0.3 is 0 Å². The summed E-state index contributed by atoms with van der Waals surface area (Å²) in [6, 6.07) is 16.8. The van der Waals surface area contributed by atoms with Crippen LogP contribution in [0.25, 0.3) is 0 Å². The van der Waals surface area contributed by atoms with Crippen molar-refractivity contribution >= 4 is 5.78 Å². The summed E-state index contributed by atoms with van der Waals surface area (Å²) in [7, 11) is 0. The zero-order chi connectivity index (χ0) is 16.8. The highest BCUT2D eigenvalue weighted by Gasteiger charge is 2.14. The van der Waals surface area contributed by atoms with Crippen LogP contribution < -0.4 is 5.73 Å². The molecule has 0 heterocycles. The Bertz CT molecular complexity index is 692. The van der Waals surface area contributed by atoms with Crippen LogP contribution in [0.1, 0.15) is 71.6 Å². The molecule has 0 radical (unpaired) electrons. The highest BCUT2D eigenvalue weighted by Crippen LogP contribution is 2.26. The van der Waals surface area contributed by atoms with E-state index in [1.807, 2.05) is 18.2 Å². The van der Waals surface area contributed by atoms with E-state index in [4.69, 9.17) is 5.73 Å². The van der Waals surface area contributed by atoms with Crippen molar-refractivity contribution in [1.29, 1.82) is 0 Å². The minimum absolute atomic E-state index is 0.281. The quantitative estimate of drug-likeness (QED) is 0.693. The van der Waals surface area contributed by atoms with E-state index >= 15 is 0 Å². The maximum atomic E-state index is 11.5. The molecule has 0 unspecified atom stereocenters. The molecule has 2 aliphatic carbocycles. The van der Waals surface area contributed by atoms with Crippen molar-refractivity contribution in [1.82, 2.24) is 0 Å². The van der Waals surface area contributed by atoms with E-state index in [0.29, 0.717) is 5.78 Å². The standard InChI is InChI=1S/C11H15N.C11H12O/c2*12-11-8-4-2-6-9-5-1-3-7-10(9)11/h1,3,5,7,11H,2,4,6,8,12H2;1,3,5,7H,2,4,6,8H2/t11-;/m1./s1. The molecular formula is C22H27NO. The summed E-state index contributed by atoms with van der Waals surface area (Å²) in [5, 5.41) is 0. The van der Waals surface area contributed by atoms with Gasteiger partial charge in [-0.2, -0.15) is 0 Å². The zero-order valence-electron chi connectivity index (χ0n) is 14.3. The van der Waals surface area contributed by atoms with E-state index < -0.39 is 0 Å². The van der Waals surface area contributed by atoms with Crippen LogP contribution in [0.5, 0.6) is 0 Å². The van der Waals surface area contributed by atoms with Crippen LogP contribution in [0.3, 0.4) is 0 Å². The van der Waals surface area contributed by atoms with Gasteiger partial charge in [-0.1, -0.05) is 55.0 Å². The second-order valence-electron chi connectivity index (χ2n) is 6.84. The van der Waals surface area contributed by atoms with Gasteiger partial charge in [-0.05, 0) is 55.2 Å². The fourth-order valence-corrected chi connectivity index (χ4v) is 3.70. The molecular weight excluding hydrogens is 294 g/mol. The van der Waals surface area contributed by atoms with Gasteiger partial charge in [0, 0.05) is 18.0 Å². The van der Waals surface area contributed by atoms with Gasteiger partial charge in [0.1, 0.15) is 0 Å². The number of hydrogen-bond acceptors (Lipinski definition) is 2. The van der Waals surface area contributed by atoms with Crippen LogP contribution in [0.4, 0.5) is 0 Å². The molecule has 0 saturated carbocycles. The lowest BCUT2D eigenvalue weighted by molar-refractivity contribution is 0.0982. The number of carbonyl (C=O) groups is 1. The number of hydrogen-bond donors (Lipinski definition) is 1. The van der Waals surface area contributed by atoms with Gasteiger partial charge in [0.2, 0.25) is 0 Å². The minimum atomic E-state index is 0.281. The second kappa shape index (κ2) is 8.25. The lowest BCUT2D eigenvalue weighted by Crippen LogP contribution is -2.09. The molecule has 0 saturated heterocycles. The van der Waals surface area contributed by atoms with E-state index in [0.717, 1.165) is 37.7 Å². The number of fused-ring (bicyclic) bond motifs is 2. The summed E-state index contributed by atoms with van der Waals surface area (Å²) in [4.78, 5) is 11.5. The normalized spacial score (nSPS) is 19.9. The Morgan fingerprint density at radius 1 is 0.750 bits per heavy atom. The van der Waals surface area contributed by atoms with E-state index in [9.17, 15) is 4.79 Å². The predicted molar refractivity (Wildman–Crippen MR) is 99.3 cm³/mol. The molecule has 126 valence electrons. The number of nitrogens with two attached hydrogens (primary N) is 1. The molecule has 0 aliphatic heterocycles. The third-order valence-corrected chi connectivity index (χ3v) is 5.08. The predicted octanol–water partition coefficient (Wildman–Crippen LogP) is 5.01. The van der Waals surface area contributed by atoms with Crippen LogP contribution in [0.2, 0.25) is 0 Å². The Balaban J connectivity index is 0.000000141. The number of carbonyl (C=O) groups excluding carboxylic acids is 1. The summed E-state index contributed by atoms with van der Waals surface area (Å²) in [5.74, 6) is 0.322. The summed E-state index contributed by atoms with van der Waals surface area (Å²) < 4.78 is 0. The molecule has 4 rings (SSSR count). The highest BCUT2D eigenvalue weighted by molar-refractivity contribution is 5.97. The monoisotopic (exact) mass is 321 g/mol. The fourth-order valence-electron chi connectivity index (χ4n) is 3.70. The first-order chi connectivity index (χ1) is 11.8. The zero-order valence-corrected chi connectivity index (χ0v) is 14.3. The number of ketones is 1. The molecule has 1 atom stereocenters. The van der Waals surface area contributed by atoms with Crippen LogP contribution in [0, 0.1) is 0 Å².